The summed E-state index contributed by atoms with van der Waals surface area (Å²) >= 11 is 0. The van der Waals surface area contributed by atoms with Gasteiger partial charge in [0.25, 0.3) is 0 Å². The molecule has 0 atom stereocenters. The van der Waals surface area contributed by atoms with Crippen LogP contribution in [0.4, 0.5) is 4.39 Å². The van der Waals surface area contributed by atoms with Crippen LogP contribution < -0.4 is 0 Å². The van der Waals surface area contributed by atoms with E-state index in [2.05, 4.69) is 25.7 Å². The number of rotatable bonds is 5. The Hall–Kier alpha value is -2.64. The van der Waals surface area contributed by atoms with Gasteiger partial charge in [0.1, 0.15) is 12.1 Å². The van der Waals surface area contributed by atoms with E-state index < -0.39 is 0 Å². The molecule has 3 aromatic rings. The van der Waals surface area contributed by atoms with Crippen LogP contribution in [0.5, 0.6) is 0 Å². The molecule has 0 radical (unpaired) electrons. The molecule has 0 bridgehead atoms. The van der Waals surface area contributed by atoms with Gasteiger partial charge in [-0.25, -0.2) is 9.07 Å². The molecule has 0 amide bonds. The van der Waals surface area contributed by atoms with E-state index in [0.717, 1.165) is 18.4 Å². The number of benzene rings is 1. The number of hydrogen-bond acceptors (Lipinski definition) is 6. The molecule has 2 heterocycles. The van der Waals surface area contributed by atoms with Crippen LogP contribution in [0.15, 0.2) is 35.1 Å². The average Bonchev–Trinajstić information content (AvgIpc) is 2.96. The Bertz CT molecular complexity index is 780. The first-order valence-corrected chi connectivity index (χ1v) is 7.06. The maximum Gasteiger partial charge on any atom is 0.228 e. The molecule has 2 aromatic heterocycles. The van der Waals surface area contributed by atoms with Crippen molar-refractivity contribution in [2.45, 2.75) is 31.2 Å². The van der Waals surface area contributed by atoms with Crippen molar-refractivity contribution >= 4 is 0 Å². The molecule has 0 unspecified atom stereocenters. The fourth-order valence-corrected chi connectivity index (χ4v) is 2.60. The zero-order valence-corrected chi connectivity index (χ0v) is 11.7. The highest BCUT2D eigenvalue weighted by molar-refractivity contribution is 5.39. The molecule has 8 heteroatoms. The van der Waals surface area contributed by atoms with Crippen LogP contribution in [-0.4, -0.2) is 30.3 Å². The van der Waals surface area contributed by atoms with Gasteiger partial charge in [-0.15, -0.1) is 5.10 Å². The Morgan fingerprint density at radius 2 is 2.23 bits per heavy atom. The lowest BCUT2D eigenvalue weighted by atomic mass is 9.95. The van der Waals surface area contributed by atoms with Crippen LogP contribution in [0.25, 0.3) is 0 Å². The van der Waals surface area contributed by atoms with Crippen molar-refractivity contribution in [3.8, 4) is 0 Å². The topological polar surface area (TPSA) is 82.5 Å². The van der Waals surface area contributed by atoms with Crippen LogP contribution in [0.1, 0.15) is 30.1 Å². The second-order valence-corrected chi connectivity index (χ2v) is 5.43. The Kier molecular flexibility index (Phi) is 2.95. The van der Waals surface area contributed by atoms with Gasteiger partial charge in [-0.3, -0.25) is 0 Å². The lowest BCUT2D eigenvalue weighted by molar-refractivity contribution is 0.361. The summed E-state index contributed by atoms with van der Waals surface area (Å²) in [4.78, 5) is 4.47. The first-order chi connectivity index (χ1) is 10.8. The smallest absolute Gasteiger partial charge is 0.228 e. The number of tetrazole rings is 1. The molecule has 4 rings (SSSR count). The zero-order valence-electron chi connectivity index (χ0n) is 11.7. The first kappa shape index (κ1) is 13.1. The third-order valence-electron chi connectivity index (χ3n) is 3.97. The molecule has 1 fully saturated rings. The van der Waals surface area contributed by atoms with E-state index in [-0.39, 0.29) is 11.2 Å². The minimum atomic E-state index is -0.293. The van der Waals surface area contributed by atoms with E-state index in [1.54, 1.807) is 16.8 Å². The Balaban J connectivity index is 1.53. The summed E-state index contributed by atoms with van der Waals surface area (Å²) < 4.78 is 20.3. The predicted molar refractivity (Wildman–Crippen MR) is 72.2 cm³/mol. The number of nitrogens with zero attached hydrogens (tertiary/aromatic N) is 6. The van der Waals surface area contributed by atoms with E-state index in [9.17, 15) is 4.39 Å². The van der Waals surface area contributed by atoms with Gasteiger partial charge in [-0.05, 0) is 41.0 Å². The third-order valence-corrected chi connectivity index (χ3v) is 3.97. The van der Waals surface area contributed by atoms with Crippen LogP contribution in [0.2, 0.25) is 0 Å². The van der Waals surface area contributed by atoms with Gasteiger partial charge in [0.05, 0.1) is 12.0 Å². The second-order valence-electron chi connectivity index (χ2n) is 5.43. The Morgan fingerprint density at radius 1 is 1.32 bits per heavy atom. The maximum atomic E-state index is 13.4. The van der Waals surface area contributed by atoms with Crippen molar-refractivity contribution in [1.29, 1.82) is 0 Å². The van der Waals surface area contributed by atoms with Gasteiger partial charge in [0, 0.05) is 6.42 Å². The monoisotopic (exact) mass is 300 g/mol. The maximum absolute atomic E-state index is 13.4. The lowest BCUT2D eigenvalue weighted by Crippen LogP contribution is -2.11. The fraction of sp³-hybridized carbons (Fsp3) is 0.357. The molecule has 0 aliphatic heterocycles. The number of aromatic nitrogens is 6. The van der Waals surface area contributed by atoms with Crippen molar-refractivity contribution in [3.05, 3.63) is 53.7 Å². The van der Waals surface area contributed by atoms with Crippen molar-refractivity contribution in [1.82, 2.24) is 30.3 Å². The van der Waals surface area contributed by atoms with Gasteiger partial charge in [0.15, 0.2) is 5.82 Å². The summed E-state index contributed by atoms with van der Waals surface area (Å²) in [5.74, 6) is 0.921. The van der Waals surface area contributed by atoms with Crippen molar-refractivity contribution in [2.75, 3.05) is 0 Å². The molecule has 0 N–H and O–H groups in total. The number of aryl methyl sites for hydroxylation is 2. The highest BCUT2D eigenvalue weighted by Crippen LogP contribution is 2.52. The second kappa shape index (κ2) is 4.97. The van der Waals surface area contributed by atoms with Gasteiger partial charge in [0.2, 0.25) is 5.89 Å². The molecule has 1 aliphatic carbocycles. The Morgan fingerprint density at radius 3 is 2.95 bits per heavy atom. The molecule has 7 nitrogen and oxygen atoms in total. The van der Waals surface area contributed by atoms with Crippen LogP contribution >= 0.6 is 0 Å². The molecule has 112 valence electrons. The molecular weight excluding hydrogens is 287 g/mol. The normalized spacial score (nSPS) is 15.9. The molecule has 1 aliphatic rings. The first-order valence-electron chi connectivity index (χ1n) is 7.06. The van der Waals surface area contributed by atoms with E-state index in [0.29, 0.717) is 24.7 Å². The summed E-state index contributed by atoms with van der Waals surface area (Å²) in [6.07, 6.45) is 3.90. The standard InChI is InChI=1S/C14H13FN6O/c15-11-3-1-2-10(8-11)14(5-6-14)13-17-12(22-18-13)4-7-21-9-16-19-20-21/h1-3,8-9H,4-7H2. The lowest BCUT2D eigenvalue weighted by Gasteiger charge is -2.10. The third kappa shape index (κ3) is 2.26. The minimum Gasteiger partial charge on any atom is -0.339 e. The SMILES string of the molecule is Fc1cccc(C2(c3noc(CCn4cnnn4)n3)CC2)c1. The highest BCUT2D eigenvalue weighted by Gasteiger charge is 2.50. The Labute approximate surface area is 125 Å². The van der Waals surface area contributed by atoms with E-state index in [4.69, 9.17) is 4.52 Å². The zero-order chi connectivity index (χ0) is 15.0. The molecule has 1 saturated carbocycles. The largest absolute Gasteiger partial charge is 0.339 e. The summed E-state index contributed by atoms with van der Waals surface area (Å²) in [6.45, 7) is 0.571. The van der Waals surface area contributed by atoms with Crippen LogP contribution in [0.3, 0.4) is 0 Å². The summed E-state index contributed by atoms with van der Waals surface area (Å²) in [5, 5.41) is 15.0. The molecule has 0 spiro atoms. The van der Waals surface area contributed by atoms with E-state index in [1.807, 2.05) is 6.07 Å². The number of hydrogen-bond donors (Lipinski definition) is 0. The van der Waals surface area contributed by atoms with Crippen molar-refractivity contribution in [2.24, 2.45) is 0 Å². The fourth-order valence-electron chi connectivity index (χ4n) is 2.60. The highest BCUT2D eigenvalue weighted by atomic mass is 19.1. The van der Waals surface area contributed by atoms with Crippen molar-refractivity contribution in [3.63, 3.8) is 0 Å². The average molecular weight is 300 g/mol. The van der Waals surface area contributed by atoms with Gasteiger partial charge < -0.3 is 4.52 Å². The van der Waals surface area contributed by atoms with Crippen LogP contribution in [-0.2, 0) is 18.4 Å². The van der Waals surface area contributed by atoms with Gasteiger partial charge in [-0.2, -0.15) is 4.98 Å². The summed E-state index contributed by atoms with van der Waals surface area (Å²) in [7, 11) is 0. The number of halogens is 1. The van der Waals surface area contributed by atoms with Gasteiger partial charge >= 0.3 is 0 Å². The van der Waals surface area contributed by atoms with Crippen LogP contribution in [0, 0.1) is 5.82 Å². The molecule has 1 aromatic carbocycles. The quantitative estimate of drug-likeness (QED) is 0.710. The van der Waals surface area contributed by atoms with Crippen molar-refractivity contribution < 1.29 is 8.91 Å². The molecule has 22 heavy (non-hydrogen) atoms. The molecular formula is C14H13FN6O. The van der Waals surface area contributed by atoms with E-state index in [1.165, 1.54) is 12.4 Å². The molecule has 0 saturated heterocycles. The van der Waals surface area contributed by atoms with Gasteiger partial charge in [-0.1, -0.05) is 17.3 Å². The summed E-state index contributed by atoms with van der Waals surface area (Å²) in [6, 6.07) is 6.61. The predicted octanol–water partition coefficient (Wildman–Crippen LogP) is 1.52. The van der Waals surface area contributed by atoms with E-state index >= 15 is 0 Å². The minimum absolute atomic E-state index is 0.244. The summed E-state index contributed by atoms with van der Waals surface area (Å²) in [5.41, 5.74) is 0.610.